The van der Waals surface area contributed by atoms with E-state index in [1.807, 2.05) is 0 Å². The highest BCUT2D eigenvalue weighted by Gasteiger charge is 2.62. The Kier molecular flexibility index (Phi) is 5.39. The molecule has 0 bridgehead atoms. The zero-order valence-electron chi connectivity index (χ0n) is 19.1. The first kappa shape index (κ1) is 21.6. The normalized spacial score (nSPS) is 44.8. The molecule has 3 saturated carbocycles. The zero-order valence-corrected chi connectivity index (χ0v) is 19.1. The summed E-state index contributed by atoms with van der Waals surface area (Å²) < 4.78 is 5.54. The Morgan fingerprint density at radius 2 is 1.80 bits per heavy atom. The summed E-state index contributed by atoms with van der Waals surface area (Å²) in [6.45, 7) is 9.49. The molecule has 0 saturated heterocycles. The highest BCUT2D eigenvalue weighted by Crippen LogP contribution is 2.66. The van der Waals surface area contributed by atoms with E-state index in [1.165, 1.54) is 12.5 Å². The van der Waals surface area contributed by atoms with E-state index >= 15 is 0 Å². The fourth-order valence-electron chi connectivity index (χ4n) is 8.16. The molecule has 8 atom stereocenters. The van der Waals surface area contributed by atoms with Crippen molar-refractivity contribution in [1.82, 2.24) is 5.32 Å². The zero-order chi connectivity index (χ0) is 21.8. The van der Waals surface area contributed by atoms with Gasteiger partial charge in [0, 0.05) is 32.2 Å². The molecule has 4 aliphatic rings. The van der Waals surface area contributed by atoms with Gasteiger partial charge in [0.15, 0.2) is 0 Å². The smallest absolute Gasteiger partial charge is 0.302 e. The van der Waals surface area contributed by atoms with Crippen LogP contribution >= 0.6 is 0 Å². The number of hydrogen-bond acceptors (Lipinski definition) is 4. The molecule has 30 heavy (non-hydrogen) atoms. The first-order valence-corrected chi connectivity index (χ1v) is 11.7. The molecule has 166 valence electrons. The predicted octanol–water partition coefficient (Wildman–Crippen LogP) is 4.20. The van der Waals surface area contributed by atoms with Gasteiger partial charge < -0.3 is 10.1 Å². The van der Waals surface area contributed by atoms with Gasteiger partial charge in [0.1, 0.15) is 11.9 Å². The van der Waals surface area contributed by atoms with Crippen LogP contribution in [0.1, 0.15) is 79.6 Å². The molecule has 1 N–H and O–H groups in total. The topological polar surface area (TPSA) is 72.5 Å². The van der Waals surface area contributed by atoms with Crippen LogP contribution in [0.25, 0.3) is 0 Å². The minimum atomic E-state index is -0.184. The number of ether oxygens (including phenoxy) is 1. The number of allylic oxidation sites excluding steroid dienone is 1. The number of nitrogens with one attached hydrogen (secondary N) is 1. The van der Waals surface area contributed by atoms with Crippen molar-refractivity contribution in [2.75, 3.05) is 0 Å². The second-order valence-electron chi connectivity index (χ2n) is 10.9. The van der Waals surface area contributed by atoms with Gasteiger partial charge in [-0.25, -0.2) is 0 Å². The van der Waals surface area contributed by atoms with E-state index < -0.39 is 0 Å². The van der Waals surface area contributed by atoms with Crippen LogP contribution in [0.5, 0.6) is 0 Å². The number of Topliss-reactive ketones (excluding diaryl/α,β-unsaturated/α-hetero) is 1. The maximum absolute atomic E-state index is 12.7. The van der Waals surface area contributed by atoms with Gasteiger partial charge >= 0.3 is 5.97 Å². The van der Waals surface area contributed by atoms with E-state index in [0.717, 1.165) is 44.9 Å². The Morgan fingerprint density at radius 1 is 1.07 bits per heavy atom. The van der Waals surface area contributed by atoms with Crippen LogP contribution in [0.4, 0.5) is 0 Å². The Morgan fingerprint density at radius 3 is 2.43 bits per heavy atom. The number of carbonyl (C=O) groups is 3. The number of fused-ring (bicyclic) bond motifs is 5. The second-order valence-corrected chi connectivity index (χ2v) is 10.9. The average molecular weight is 416 g/mol. The van der Waals surface area contributed by atoms with Crippen LogP contribution in [0.15, 0.2) is 11.6 Å². The van der Waals surface area contributed by atoms with Crippen LogP contribution in [-0.2, 0) is 19.1 Å². The fraction of sp³-hybridized carbons (Fsp3) is 0.800. The molecule has 4 aliphatic carbocycles. The molecule has 0 aromatic rings. The summed E-state index contributed by atoms with van der Waals surface area (Å²) in [5, 5.41) is 3.12. The third kappa shape index (κ3) is 3.33. The van der Waals surface area contributed by atoms with Gasteiger partial charge in [0.2, 0.25) is 5.91 Å². The van der Waals surface area contributed by atoms with Gasteiger partial charge in [-0.2, -0.15) is 0 Å². The van der Waals surface area contributed by atoms with Crippen LogP contribution in [0, 0.1) is 34.5 Å². The highest BCUT2D eigenvalue weighted by molar-refractivity contribution is 5.82. The van der Waals surface area contributed by atoms with Gasteiger partial charge in [-0.15, -0.1) is 0 Å². The van der Waals surface area contributed by atoms with Crippen LogP contribution in [0.3, 0.4) is 0 Å². The van der Waals surface area contributed by atoms with Crippen molar-refractivity contribution in [3.8, 4) is 0 Å². The Hall–Kier alpha value is -1.65. The third-order valence-corrected chi connectivity index (χ3v) is 9.28. The number of rotatable bonds is 3. The van der Waals surface area contributed by atoms with Crippen molar-refractivity contribution in [3.05, 3.63) is 11.6 Å². The maximum Gasteiger partial charge on any atom is 0.302 e. The molecule has 5 nitrogen and oxygen atoms in total. The number of ketones is 1. The van der Waals surface area contributed by atoms with Gasteiger partial charge in [0.25, 0.3) is 0 Å². The average Bonchev–Trinajstić information content (AvgIpc) is 2.92. The van der Waals surface area contributed by atoms with Crippen LogP contribution < -0.4 is 5.32 Å². The Balaban J connectivity index is 1.61. The summed E-state index contributed by atoms with van der Waals surface area (Å²) in [6, 6.07) is -0.0355. The molecule has 0 spiro atoms. The minimum absolute atomic E-state index is 0.0185. The van der Waals surface area contributed by atoms with Crippen molar-refractivity contribution >= 4 is 17.7 Å². The molecule has 0 radical (unpaired) electrons. The summed E-state index contributed by atoms with van der Waals surface area (Å²) in [4.78, 5) is 35.9. The molecule has 0 aliphatic heterocycles. The molecule has 0 heterocycles. The van der Waals surface area contributed by atoms with Crippen molar-refractivity contribution in [2.24, 2.45) is 34.5 Å². The van der Waals surface area contributed by atoms with Gasteiger partial charge in [-0.3, -0.25) is 14.4 Å². The van der Waals surface area contributed by atoms with Gasteiger partial charge in [0.05, 0.1) is 0 Å². The first-order valence-electron chi connectivity index (χ1n) is 11.7. The van der Waals surface area contributed by atoms with Crippen LogP contribution in [0.2, 0.25) is 0 Å². The summed E-state index contributed by atoms with van der Waals surface area (Å²) in [7, 11) is 0. The maximum atomic E-state index is 12.7. The lowest BCUT2D eigenvalue weighted by atomic mass is 9.47. The Labute approximate surface area is 180 Å². The number of carbonyl (C=O) groups excluding carboxylic acids is 3. The van der Waals surface area contributed by atoms with Crippen molar-refractivity contribution < 1.29 is 19.1 Å². The van der Waals surface area contributed by atoms with E-state index in [4.69, 9.17) is 4.74 Å². The molecule has 0 aromatic carbocycles. The third-order valence-electron chi connectivity index (χ3n) is 9.28. The molecule has 3 unspecified atom stereocenters. The Bertz CT molecular complexity index is 788. The standard InChI is InChI=1S/C25H37NO4/c1-14(27)23-22(26-15(2)28)13-21-19-7-6-17-12-18(30-16(3)29)8-10-24(17,4)20(19)9-11-25(21,23)5/h6,18-23H,7-13H2,1-5H3,(H,26,28)/t18-,19?,20?,21?,22+,23-,24-,25-/m0/s1. The van der Waals surface area contributed by atoms with E-state index in [-0.39, 0.29) is 46.6 Å². The molecule has 3 fully saturated rings. The van der Waals surface area contributed by atoms with E-state index in [1.54, 1.807) is 13.8 Å². The largest absolute Gasteiger partial charge is 0.462 e. The van der Waals surface area contributed by atoms with Crippen molar-refractivity contribution in [3.63, 3.8) is 0 Å². The van der Waals surface area contributed by atoms with E-state index in [2.05, 4.69) is 25.2 Å². The lowest BCUT2D eigenvalue weighted by Gasteiger charge is -2.57. The fourth-order valence-corrected chi connectivity index (χ4v) is 8.16. The number of amides is 1. The quantitative estimate of drug-likeness (QED) is 0.554. The predicted molar refractivity (Wildman–Crippen MR) is 114 cm³/mol. The summed E-state index contributed by atoms with van der Waals surface area (Å²) in [6.07, 6.45) is 9.45. The molecular formula is C25H37NO4. The summed E-state index contributed by atoms with van der Waals surface area (Å²) in [5.41, 5.74) is 1.61. The molecular weight excluding hydrogens is 378 g/mol. The SMILES string of the molecule is CC(=O)N[C@@H]1CC2C3CC=C4C[C@@H](OC(C)=O)CC[C@]4(C)C3CC[C@]2(C)[C@H]1C(C)=O. The highest BCUT2D eigenvalue weighted by atomic mass is 16.5. The van der Waals surface area contributed by atoms with E-state index in [9.17, 15) is 14.4 Å². The van der Waals surface area contributed by atoms with Gasteiger partial charge in [-0.1, -0.05) is 25.5 Å². The van der Waals surface area contributed by atoms with Gasteiger partial charge in [-0.05, 0) is 74.0 Å². The summed E-state index contributed by atoms with van der Waals surface area (Å²) >= 11 is 0. The van der Waals surface area contributed by atoms with Crippen LogP contribution in [-0.4, -0.2) is 29.8 Å². The molecule has 5 heteroatoms. The minimum Gasteiger partial charge on any atom is -0.462 e. The van der Waals surface area contributed by atoms with E-state index in [0.29, 0.717) is 17.8 Å². The lowest BCUT2D eigenvalue weighted by molar-refractivity contribution is -0.149. The molecule has 4 rings (SSSR count). The number of hydrogen-bond donors (Lipinski definition) is 1. The molecule has 0 aromatic heterocycles. The second kappa shape index (κ2) is 7.49. The number of esters is 1. The first-order chi connectivity index (χ1) is 14.1. The lowest BCUT2D eigenvalue weighted by Crippen LogP contribution is -2.51. The monoisotopic (exact) mass is 415 g/mol. The summed E-state index contributed by atoms with van der Waals surface area (Å²) in [5.74, 6) is 1.55. The molecule has 1 amide bonds. The van der Waals surface area contributed by atoms with Crippen molar-refractivity contribution in [2.45, 2.75) is 91.7 Å². The van der Waals surface area contributed by atoms with Crippen molar-refractivity contribution in [1.29, 1.82) is 0 Å².